The Morgan fingerprint density at radius 2 is 1.66 bits per heavy atom. The fourth-order valence-corrected chi connectivity index (χ4v) is 3.82. The molecule has 10 heteroatoms. The standard InChI is InChI=1S/C19H17ClN6O2S/c1-26-12-15(11-22-26)29(27,28)25-19-18(21-10-13-6-8-14(20)9-7-13)23-16-4-2-3-5-17(16)24-19/h2-9,11-12H,10H2,1H3,(H,21,23)(H,24,25). The molecule has 0 bridgehead atoms. The highest BCUT2D eigenvalue weighted by molar-refractivity contribution is 7.92. The van der Waals surface area contributed by atoms with Crippen molar-refractivity contribution in [1.82, 2.24) is 19.7 Å². The summed E-state index contributed by atoms with van der Waals surface area (Å²) in [5.74, 6) is 0.438. The summed E-state index contributed by atoms with van der Waals surface area (Å²) in [5.41, 5.74) is 2.19. The van der Waals surface area contributed by atoms with Gasteiger partial charge in [-0.15, -0.1) is 0 Å². The van der Waals surface area contributed by atoms with Crippen molar-refractivity contribution >= 4 is 44.3 Å². The van der Waals surface area contributed by atoms with Gasteiger partial charge >= 0.3 is 0 Å². The van der Waals surface area contributed by atoms with Crippen LogP contribution in [0.5, 0.6) is 0 Å². The summed E-state index contributed by atoms with van der Waals surface area (Å²) >= 11 is 5.93. The van der Waals surface area contributed by atoms with Crippen LogP contribution >= 0.6 is 11.6 Å². The lowest BCUT2D eigenvalue weighted by molar-refractivity contribution is 0.601. The van der Waals surface area contributed by atoms with E-state index in [0.29, 0.717) is 28.4 Å². The van der Waals surface area contributed by atoms with Crippen LogP contribution in [0.1, 0.15) is 5.56 Å². The molecule has 0 atom stereocenters. The topological polar surface area (TPSA) is 102 Å². The molecule has 0 amide bonds. The van der Waals surface area contributed by atoms with Crippen LogP contribution < -0.4 is 10.0 Å². The zero-order valence-corrected chi connectivity index (χ0v) is 16.9. The third kappa shape index (κ3) is 4.30. The van der Waals surface area contributed by atoms with Crippen molar-refractivity contribution in [3.8, 4) is 0 Å². The Kier molecular flexibility index (Phi) is 5.08. The van der Waals surface area contributed by atoms with E-state index in [1.807, 2.05) is 30.3 Å². The van der Waals surface area contributed by atoms with E-state index in [9.17, 15) is 8.42 Å². The number of benzene rings is 2. The van der Waals surface area contributed by atoms with Gasteiger partial charge in [0.1, 0.15) is 4.90 Å². The second kappa shape index (κ2) is 7.69. The highest BCUT2D eigenvalue weighted by Gasteiger charge is 2.20. The highest BCUT2D eigenvalue weighted by Crippen LogP contribution is 2.24. The first-order valence-electron chi connectivity index (χ1n) is 8.67. The zero-order chi connectivity index (χ0) is 20.4. The average Bonchev–Trinajstić information content (AvgIpc) is 3.15. The minimum absolute atomic E-state index is 0.0404. The summed E-state index contributed by atoms with van der Waals surface area (Å²) in [6.07, 6.45) is 2.69. The first kappa shape index (κ1) is 19.2. The van der Waals surface area contributed by atoms with E-state index in [-0.39, 0.29) is 10.7 Å². The van der Waals surface area contributed by atoms with E-state index >= 15 is 0 Å². The number of rotatable bonds is 6. The predicted molar refractivity (Wildman–Crippen MR) is 112 cm³/mol. The number of sulfonamides is 1. The van der Waals surface area contributed by atoms with E-state index in [2.05, 4.69) is 25.1 Å². The van der Waals surface area contributed by atoms with Crippen LogP contribution in [0.2, 0.25) is 5.02 Å². The van der Waals surface area contributed by atoms with Crippen molar-refractivity contribution < 1.29 is 8.42 Å². The number of hydrogen-bond acceptors (Lipinski definition) is 6. The monoisotopic (exact) mass is 428 g/mol. The van der Waals surface area contributed by atoms with Gasteiger partial charge in [-0.25, -0.2) is 18.4 Å². The number of aryl methyl sites for hydroxylation is 1. The molecule has 2 N–H and O–H groups in total. The number of nitrogens with zero attached hydrogens (tertiary/aromatic N) is 4. The fraction of sp³-hybridized carbons (Fsp3) is 0.105. The van der Waals surface area contributed by atoms with Crippen molar-refractivity contribution in [1.29, 1.82) is 0 Å². The highest BCUT2D eigenvalue weighted by atomic mass is 35.5. The SMILES string of the molecule is Cn1cc(S(=O)(=O)Nc2nc3ccccc3nc2NCc2ccc(Cl)cc2)cn1. The Hall–Kier alpha value is -3.17. The molecule has 0 saturated heterocycles. The number of halogens is 1. The zero-order valence-electron chi connectivity index (χ0n) is 15.4. The molecule has 8 nitrogen and oxygen atoms in total. The van der Waals surface area contributed by atoms with E-state index in [0.717, 1.165) is 5.56 Å². The molecule has 29 heavy (non-hydrogen) atoms. The Bertz CT molecular complexity index is 1270. The number of hydrogen-bond donors (Lipinski definition) is 2. The molecule has 4 rings (SSSR count). The Labute approximate surface area is 172 Å². The minimum Gasteiger partial charge on any atom is -0.363 e. The third-order valence-electron chi connectivity index (χ3n) is 4.17. The van der Waals surface area contributed by atoms with Crippen molar-refractivity contribution in [3.05, 3.63) is 71.5 Å². The molecule has 0 saturated carbocycles. The Balaban J connectivity index is 1.69. The van der Waals surface area contributed by atoms with Gasteiger partial charge in [0.15, 0.2) is 11.6 Å². The van der Waals surface area contributed by atoms with Crippen LogP contribution in [0.25, 0.3) is 11.0 Å². The molecule has 0 aliphatic heterocycles. The molecule has 0 unspecified atom stereocenters. The van der Waals surface area contributed by atoms with Gasteiger partial charge in [0, 0.05) is 24.8 Å². The van der Waals surface area contributed by atoms with Crippen LogP contribution in [-0.2, 0) is 23.6 Å². The van der Waals surface area contributed by atoms with Gasteiger partial charge < -0.3 is 5.32 Å². The molecule has 4 aromatic rings. The molecular weight excluding hydrogens is 412 g/mol. The second-order valence-corrected chi connectivity index (χ2v) is 8.46. The van der Waals surface area contributed by atoms with Crippen LogP contribution in [0.3, 0.4) is 0 Å². The average molecular weight is 429 g/mol. The minimum atomic E-state index is -3.87. The maximum absolute atomic E-state index is 12.7. The summed E-state index contributed by atoms with van der Waals surface area (Å²) in [6.45, 7) is 0.422. The molecule has 0 fully saturated rings. The number of fused-ring (bicyclic) bond motifs is 1. The molecule has 2 aromatic carbocycles. The maximum atomic E-state index is 12.7. The quantitative estimate of drug-likeness (QED) is 0.487. The lowest BCUT2D eigenvalue weighted by Gasteiger charge is -2.13. The number of anilines is 2. The largest absolute Gasteiger partial charge is 0.363 e. The molecular formula is C19H17ClN6O2S. The summed E-state index contributed by atoms with van der Waals surface area (Å²) in [6, 6.07) is 14.6. The molecule has 148 valence electrons. The van der Waals surface area contributed by atoms with E-state index in [1.54, 1.807) is 25.2 Å². The van der Waals surface area contributed by atoms with Crippen LogP contribution in [0.15, 0.2) is 65.8 Å². The van der Waals surface area contributed by atoms with Crippen molar-refractivity contribution in [2.45, 2.75) is 11.4 Å². The number of nitrogens with one attached hydrogen (secondary N) is 2. The van der Waals surface area contributed by atoms with Gasteiger partial charge in [0.25, 0.3) is 10.0 Å². The normalized spacial score (nSPS) is 11.5. The predicted octanol–water partition coefficient (Wildman–Crippen LogP) is 3.43. The second-order valence-electron chi connectivity index (χ2n) is 6.34. The first-order valence-corrected chi connectivity index (χ1v) is 10.5. The first-order chi connectivity index (χ1) is 13.9. The van der Waals surface area contributed by atoms with Gasteiger partial charge in [-0.05, 0) is 29.8 Å². The van der Waals surface area contributed by atoms with Gasteiger partial charge in [0.2, 0.25) is 0 Å². The smallest absolute Gasteiger partial charge is 0.266 e. The molecule has 0 aliphatic rings. The third-order valence-corrected chi connectivity index (χ3v) is 5.71. The van der Waals surface area contributed by atoms with Gasteiger partial charge in [-0.3, -0.25) is 9.40 Å². The van der Waals surface area contributed by atoms with Crippen molar-refractivity contribution in [3.63, 3.8) is 0 Å². The molecule has 2 aromatic heterocycles. The molecule has 2 heterocycles. The summed E-state index contributed by atoms with van der Waals surface area (Å²) in [7, 11) is -2.22. The van der Waals surface area contributed by atoms with Crippen LogP contribution in [-0.4, -0.2) is 28.2 Å². The molecule has 0 radical (unpaired) electrons. The van der Waals surface area contributed by atoms with E-state index < -0.39 is 10.0 Å². The van der Waals surface area contributed by atoms with E-state index in [1.165, 1.54) is 17.1 Å². The van der Waals surface area contributed by atoms with E-state index in [4.69, 9.17) is 11.6 Å². The molecule has 0 aliphatic carbocycles. The summed E-state index contributed by atoms with van der Waals surface area (Å²) in [5, 5.41) is 7.71. The fourth-order valence-electron chi connectivity index (χ4n) is 2.71. The molecule has 0 spiro atoms. The lowest BCUT2D eigenvalue weighted by Crippen LogP contribution is -2.16. The van der Waals surface area contributed by atoms with Crippen molar-refractivity contribution in [2.75, 3.05) is 10.0 Å². The lowest BCUT2D eigenvalue weighted by atomic mass is 10.2. The van der Waals surface area contributed by atoms with Gasteiger partial charge in [0.05, 0.1) is 17.2 Å². The maximum Gasteiger partial charge on any atom is 0.266 e. The van der Waals surface area contributed by atoms with Crippen molar-refractivity contribution in [2.24, 2.45) is 7.05 Å². The Morgan fingerprint density at radius 1 is 1.00 bits per heavy atom. The summed E-state index contributed by atoms with van der Waals surface area (Å²) in [4.78, 5) is 9.04. The van der Waals surface area contributed by atoms with Gasteiger partial charge in [-0.1, -0.05) is 35.9 Å². The van der Waals surface area contributed by atoms with Crippen LogP contribution in [0.4, 0.5) is 11.6 Å². The van der Waals surface area contributed by atoms with Crippen LogP contribution in [0, 0.1) is 0 Å². The number of aromatic nitrogens is 4. The summed E-state index contributed by atoms with van der Waals surface area (Å²) < 4.78 is 29.4. The number of para-hydroxylation sites is 2. The Morgan fingerprint density at radius 3 is 2.28 bits per heavy atom. The van der Waals surface area contributed by atoms with Gasteiger partial charge in [-0.2, -0.15) is 5.10 Å².